The molecule has 1 saturated heterocycles. The van der Waals surface area contributed by atoms with Gasteiger partial charge in [0.25, 0.3) is 11.5 Å². The van der Waals surface area contributed by atoms with Gasteiger partial charge in [-0.05, 0) is 24.1 Å². The molecule has 0 saturated carbocycles. The number of pyridine rings is 1. The number of carbonyl (C=O) groups excluding carboxylic acids is 1. The highest BCUT2D eigenvalue weighted by molar-refractivity contribution is 7.91. The summed E-state index contributed by atoms with van der Waals surface area (Å²) in [6.45, 7) is 0.276. The molecule has 1 fully saturated rings. The number of hydrogen-bond donors (Lipinski definition) is 0. The van der Waals surface area contributed by atoms with E-state index >= 15 is 0 Å². The van der Waals surface area contributed by atoms with Crippen molar-refractivity contribution in [3.63, 3.8) is 0 Å². The minimum atomic E-state index is -3.14. The monoisotopic (exact) mass is 360 g/mol. The van der Waals surface area contributed by atoms with E-state index in [4.69, 9.17) is 0 Å². The summed E-state index contributed by atoms with van der Waals surface area (Å²) >= 11 is 0. The second-order valence-electron chi connectivity index (χ2n) is 6.31. The quantitative estimate of drug-likeness (QED) is 0.821. The van der Waals surface area contributed by atoms with E-state index in [0.29, 0.717) is 6.42 Å². The smallest absolute Gasteiger partial charge is 0.263 e. The van der Waals surface area contributed by atoms with E-state index in [1.54, 1.807) is 19.3 Å². The summed E-state index contributed by atoms with van der Waals surface area (Å²) in [5.74, 6) is -0.408. The molecule has 1 aromatic carbocycles. The van der Waals surface area contributed by atoms with E-state index in [-0.39, 0.29) is 29.2 Å². The first kappa shape index (κ1) is 17.4. The number of carbonyl (C=O) groups is 1. The first-order valence-electron chi connectivity index (χ1n) is 8.08. The van der Waals surface area contributed by atoms with E-state index in [0.717, 1.165) is 5.56 Å². The number of aryl methyl sites for hydroxylation is 1. The van der Waals surface area contributed by atoms with Gasteiger partial charge < -0.3 is 9.47 Å². The molecule has 132 valence electrons. The number of hydrogen-bond acceptors (Lipinski definition) is 4. The Bertz CT molecular complexity index is 935. The van der Waals surface area contributed by atoms with Gasteiger partial charge in [0.15, 0.2) is 9.84 Å². The zero-order valence-electron chi connectivity index (χ0n) is 14.0. The Hall–Kier alpha value is -2.41. The van der Waals surface area contributed by atoms with Crippen molar-refractivity contribution in [2.75, 3.05) is 11.5 Å². The third-order valence-corrected chi connectivity index (χ3v) is 6.21. The summed E-state index contributed by atoms with van der Waals surface area (Å²) in [7, 11) is -1.56. The van der Waals surface area contributed by atoms with Crippen molar-refractivity contribution in [2.45, 2.75) is 19.0 Å². The standard InChI is InChI=1S/C18H20N2O4S/c1-19-10-5-8-16(17(19)21)18(22)20(12-14-6-3-2-4-7-14)15-9-11-25(23,24)13-15/h2-8,10,15H,9,11-13H2,1H3/t15-/m0/s1. The maximum atomic E-state index is 13.0. The predicted molar refractivity (Wildman–Crippen MR) is 95.1 cm³/mol. The van der Waals surface area contributed by atoms with Crippen molar-refractivity contribution < 1.29 is 13.2 Å². The molecule has 0 aliphatic carbocycles. The molecule has 0 unspecified atom stereocenters. The van der Waals surface area contributed by atoms with Crippen molar-refractivity contribution in [2.24, 2.45) is 7.05 Å². The zero-order valence-corrected chi connectivity index (χ0v) is 14.8. The fourth-order valence-corrected chi connectivity index (χ4v) is 4.81. The molecule has 1 atom stereocenters. The highest BCUT2D eigenvalue weighted by Gasteiger charge is 2.35. The number of nitrogens with zero attached hydrogens (tertiary/aromatic N) is 2. The highest BCUT2D eigenvalue weighted by atomic mass is 32.2. The lowest BCUT2D eigenvalue weighted by Crippen LogP contribution is -2.43. The lowest BCUT2D eigenvalue weighted by Gasteiger charge is -2.28. The highest BCUT2D eigenvalue weighted by Crippen LogP contribution is 2.21. The van der Waals surface area contributed by atoms with Gasteiger partial charge in [0.05, 0.1) is 11.5 Å². The summed E-state index contributed by atoms with van der Waals surface area (Å²) in [5, 5.41) is 0. The van der Waals surface area contributed by atoms with Crippen LogP contribution >= 0.6 is 0 Å². The van der Waals surface area contributed by atoms with Crippen molar-refractivity contribution in [3.05, 3.63) is 70.1 Å². The fraction of sp³-hybridized carbons (Fsp3) is 0.333. The summed E-state index contributed by atoms with van der Waals surface area (Å²) in [6, 6.07) is 12.1. The molecule has 1 aromatic heterocycles. The van der Waals surface area contributed by atoms with Gasteiger partial charge in [0.1, 0.15) is 5.56 Å². The second kappa shape index (κ2) is 6.84. The fourth-order valence-electron chi connectivity index (χ4n) is 3.08. The SMILES string of the molecule is Cn1cccc(C(=O)N(Cc2ccccc2)[C@H]2CCS(=O)(=O)C2)c1=O. The molecule has 1 aliphatic rings. The Labute approximate surface area is 146 Å². The molecule has 0 radical (unpaired) electrons. The van der Waals surface area contributed by atoms with Crippen molar-refractivity contribution in [3.8, 4) is 0 Å². The molecule has 2 heterocycles. The largest absolute Gasteiger partial charge is 0.330 e. The van der Waals surface area contributed by atoms with Gasteiger partial charge in [-0.15, -0.1) is 0 Å². The second-order valence-corrected chi connectivity index (χ2v) is 8.54. The molecular weight excluding hydrogens is 340 g/mol. The van der Waals surface area contributed by atoms with Gasteiger partial charge in [-0.25, -0.2) is 8.42 Å². The molecule has 25 heavy (non-hydrogen) atoms. The van der Waals surface area contributed by atoms with E-state index in [1.165, 1.54) is 15.5 Å². The zero-order chi connectivity index (χ0) is 18.0. The molecule has 2 aromatic rings. The van der Waals surface area contributed by atoms with Gasteiger partial charge in [-0.3, -0.25) is 9.59 Å². The Morgan fingerprint density at radius 2 is 1.92 bits per heavy atom. The van der Waals surface area contributed by atoms with E-state index in [9.17, 15) is 18.0 Å². The van der Waals surface area contributed by atoms with Crippen LogP contribution in [0.25, 0.3) is 0 Å². The number of aromatic nitrogens is 1. The lowest BCUT2D eigenvalue weighted by molar-refractivity contribution is 0.0678. The summed E-state index contributed by atoms with van der Waals surface area (Å²) < 4.78 is 25.1. The molecule has 0 spiro atoms. The molecule has 7 heteroatoms. The van der Waals surface area contributed by atoms with Crippen LogP contribution in [0, 0.1) is 0 Å². The Kier molecular flexibility index (Phi) is 4.76. The van der Waals surface area contributed by atoms with Crippen molar-refractivity contribution >= 4 is 15.7 Å². The predicted octanol–water partition coefficient (Wildman–Crippen LogP) is 1.21. The van der Waals surface area contributed by atoms with Gasteiger partial charge in [-0.2, -0.15) is 0 Å². The van der Waals surface area contributed by atoms with Gasteiger partial charge in [-0.1, -0.05) is 30.3 Å². The normalized spacial score (nSPS) is 18.8. The van der Waals surface area contributed by atoms with E-state index in [2.05, 4.69) is 0 Å². The maximum absolute atomic E-state index is 13.0. The van der Waals surface area contributed by atoms with E-state index < -0.39 is 21.8 Å². The van der Waals surface area contributed by atoms with Crippen LogP contribution in [-0.2, 0) is 23.4 Å². The van der Waals surface area contributed by atoms with Crippen LogP contribution in [0.1, 0.15) is 22.3 Å². The number of benzene rings is 1. The maximum Gasteiger partial charge on any atom is 0.263 e. The molecule has 0 bridgehead atoms. The van der Waals surface area contributed by atoms with Crippen molar-refractivity contribution in [1.82, 2.24) is 9.47 Å². The molecule has 3 rings (SSSR count). The topological polar surface area (TPSA) is 76.5 Å². The van der Waals surface area contributed by atoms with E-state index in [1.807, 2.05) is 30.3 Å². The third-order valence-electron chi connectivity index (χ3n) is 4.46. The summed E-state index contributed by atoms with van der Waals surface area (Å²) in [4.78, 5) is 26.9. The summed E-state index contributed by atoms with van der Waals surface area (Å²) in [6.07, 6.45) is 1.98. The van der Waals surface area contributed by atoms with Crippen LogP contribution in [0.2, 0.25) is 0 Å². The first-order valence-corrected chi connectivity index (χ1v) is 9.90. The first-order chi connectivity index (χ1) is 11.9. The number of sulfone groups is 1. The molecule has 0 N–H and O–H groups in total. The van der Waals surface area contributed by atoms with Crippen LogP contribution in [0.4, 0.5) is 0 Å². The van der Waals surface area contributed by atoms with Crippen LogP contribution in [0.15, 0.2) is 53.5 Å². The van der Waals surface area contributed by atoms with Gasteiger partial charge >= 0.3 is 0 Å². The molecule has 6 nitrogen and oxygen atoms in total. The van der Waals surface area contributed by atoms with Crippen LogP contribution in [-0.4, -0.2) is 41.3 Å². The molecule has 1 amide bonds. The van der Waals surface area contributed by atoms with Gasteiger partial charge in [0.2, 0.25) is 0 Å². The molecule has 1 aliphatic heterocycles. The average molecular weight is 360 g/mol. The minimum absolute atomic E-state index is 0.0568. The van der Waals surface area contributed by atoms with Crippen LogP contribution in [0.3, 0.4) is 0 Å². The Balaban J connectivity index is 1.97. The number of amides is 1. The minimum Gasteiger partial charge on any atom is -0.330 e. The third kappa shape index (κ3) is 3.82. The van der Waals surface area contributed by atoms with Gasteiger partial charge in [0, 0.05) is 25.8 Å². The molecular formula is C18H20N2O4S. The Morgan fingerprint density at radius 1 is 1.20 bits per heavy atom. The van der Waals surface area contributed by atoms with Crippen LogP contribution < -0.4 is 5.56 Å². The Morgan fingerprint density at radius 3 is 2.56 bits per heavy atom. The summed E-state index contributed by atoms with van der Waals surface area (Å²) in [5.41, 5.74) is 0.574. The van der Waals surface area contributed by atoms with Crippen molar-refractivity contribution in [1.29, 1.82) is 0 Å². The van der Waals surface area contributed by atoms with Crippen LogP contribution in [0.5, 0.6) is 0 Å². The lowest BCUT2D eigenvalue weighted by atomic mass is 10.1. The average Bonchev–Trinajstić information content (AvgIpc) is 2.95. The number of rotatable bonds is 4.